The fourth-order valence-electron chi connectivity index (χ4n) is 4.48. The van der Waals surface area contributed by atoms with Crippen molar-refractivity contribution >= 4 is 16.7 Å². The topological polar surface area (TPSA) is 28.4 Å². The van der Waals surface area contributed by atoms with Crippen LogP contribution in [-0.2, 0) is 13.5 Å². The molecule has 6 rings (SSSR count). The molecule has 4 aliphatic rings. The number of fused-ring (bicyclic) bond motifs is 3. The molecule has 1 saturated heterocycles. The zero-order valence-electron chi connectivity index (χ0n) is 12.6. The minimum atomic E-state index is -0.398. The molecule has 3 heteroatoms. The summed E-state index contributed by atoms with van der Waals surface area (Å²) >= 11 is 0. The minimum Gasteiger partial charge on any atom is -0.390 e. The monoisotopic (exact) mass is 282 g/mol. The predicted octanol–water partition coefficient (Wildman–Crippen LogP) is 2.94. The largest absolute Gasteiger partial charge is 0.390 e. The van der Waals surface area contributed by atoms with Gasteiger partial charge in [0.15, 0.2) is 0 Å². The summed E-state index contributed by atoms with van der Waals surface area (Å²) in [6, 6.07) is 6.82. The Morgan fingerprint density at radius 1 is 1.24 bits per heavy atom. The van der Waals surface area contributed by atoms with Gasteiger partial charge in [-0.2, -0.15) is 0 Å². The molecule has 0 amide bonds. The molecule has 110 valence electrons. The summed E-state index contributed by atoms with van der Waals surface area (Å²) in [5.41, 5.74) is 3.83. The quantitative estimate of drug-likeness (QED) is 0.917. The van der Waals surface area contributed by atoms with Gasteiger partial charge in [-0.25, -0.2) is 0 Å². The summed E-state index contributed by atoms with van der Waals surface area (Å²) in [6.45, 7) is 2.43. The van der Waals surface area contributed by atoms with E-state index in [9.17, 15) is 5.11 Å². The SMILES string of the molecule is Cn1c2c(c3cc(CC4(O)CC4)ccc31)C1CCN2CC1. The molecular weight excluding hydrogens is 260 g/mol. The molecular formula is C18H22N2O. The van der Waals surface area contributed by atoms with Crippen LogP contribution in [-0.4, -0.2) is 28.4 Å². The van der Waals surface area contributed by atoms with E-state index in [1.54, 1.807) is 5.56 Å². The number of hydrogen-bond donors (Lipinski definition) is 1. The van der Waals surface area contributed by atoms with Crippen LogP contribution >= 0.6 is 0 Å². The number of benzene rings is 1. The highest BCUT2D eigenvalue weighted by atomic mass is 16.3. The summed E-state index contributed by atoms with van der Waals surface area (Å²) < 4.78 is 2.38. The van der Waals surface area contributed by atoms with Crippen LogP contribution in [0.1, 0.15) is 42.7 Å². The molecule has 3 aliphatic heterocycles. The molecule has 0 radical (unpaired) electrons. The van der Waals surface area contributed by atoms with Crippen LogP contribution in [0.2, 0.25) is 0 Å². The van der Waals surface area contributed by atoms with E-state index in [4.69, 9.17) is 0 Å². The molecule has 0 unspecified atom stereocenters. The highest BCUT2D eigenvalue weighted by Gasteiger charge is 2.40. The van der Waals surface area contributed by atoms with E-state index in [-0.39, 0.29) is 0 Å². The average Bonchev–Trinajstić information content (AvgIpc) is 3.15. The van der Waals surface area contributed by atoms with Crippen LogP contribution < -0.4 is 4.90 Å². The lowest BCUT2D eigenvalue weighted by Gasteiger charge is -2.41. The van der Waals surface area contributed by atoms with Crippen molar-refractivity contribution in [3.8, 4) is 0 Å². The van der Waals surface area contributed by atoms with E-state index in [1.165, 1.54) is 48.2 Å². The van der Waals surface area contributed by atoms with Crippen molar-refractivity contribution in [2.24, 2.45) is 7.05 Å². The standard InChI is InChI=1S/C18H22N2O/c1-19-15-3-2-12(11-18(21)6-7-18)10-14(15)16-13-4-8-20(9-5-13)17(16)19/h2-3,10,13,21H,4-9,11H2,1H3. The summed E-state index contributed by atoms with van der Waals surface area (Å²) in [6.07, 6.45) is 5.37. The van der Waals surface area contributed by atoms with E-state index in [0.29, 0.717) is 0 Å². The van der Waals surface area contributed by atoms with E-state index in [2.05, 4.69) is 34.7 Å². The number of hydrogen-bond acceptors (Lipinski definition) is 2. The zero-order valence-corrected chi connectivity index (χ0v) is 12.6. The van der Waals surface area contributed by atoms with E-state index in [0.717, 1.165) is 25.2 Å². The Morgan fingerprint density at radius 3 is 2.71 bits per heavy atom. The Kier molecular flexibility index (Phi) is 2.21. The lowest BCUT2D eigenvalue weighted by atomic mass is 9.84. The van der Waals surface area contributed by atoms with Crippen LogP contribution in [0.15, 0.2) is 18.2 Å². The van der Waals surface area contributed by atoms with Gasteiger partial charge in [0.2, 0.25) is 0 Å². The summed E-state index contributed by atoms with van der Waals surface area (Å²) in [7, 11) is 2.20. The molecule has 1 saturated carbocycles. The van der Waals surface area contributed by atoms with Crippen molar-refractivity contribution in [1.29, 1.82) is 0 Å². The third-order valence-corrected chi connectivity index (χ3v) is 5.83. The van der Waals surface area contributed by atoms with Crippen molar-refractivity contribution in [3.05, 3.63) is 29.3 Å². The first-order valence-electron chi connectivity index (χ1n) is 8.23. The van der Waals surface area contributed by atoms with Crippen LogP contribution in [0.5, 0.6) is 0 Å². The molecule has 21 heavy (non-hydrogen) atoms. The molecule has 0 spiro atoms. The molecule has 0 atom stereocenters. The van der Waals surface area contributed by atoms with Gasteiger partial charge in [0.1, 0.15) is 5.82 Å². The Balaban J connectivity index is 1.70. The number of piperidine rings is 1. The van der Waals surface area contributed by atoms with Crippen LogP contribution in [0.25, 0.3) is 10.9 Å². The Bertz CT molecular complexity index is 733. The molecule has 1 aromatic heterocycles. The Morgan fingerprint density at radius 2 is 2.00 bits per heavy atom. The fraction of sp³-hybridized carbons (Fsp3) is 0.556. The van der Waals surface area contributed by atoms with Crippen molar-refractivity contribution < 1.29 is 5.11 Å². The summed E-state index contributed by atoms with van der Waals surface area (Å²) in [5, 5.41) is 11.6. The van der Waals surface area contributed by atoms with Gasteiger partial charge in [0.25, 0.3) is 0 Å². The first-order valence-corrected chi connectivity index (χ1v) is 8.23. The highest BCUT2D eigenvalue weighted by molar-refractivity contribution is 5.92. The molecule has 1 aliphatic carbocycles. The molecule has 2 fully saturated rings. The van der Waals surface area contributed by atoms with Crippen molar-refractivity contribution in [2.45, 2.75) is 43.6 Å². The first-order chi connectivity index (χ1) is 10.1. The zero-order chi connectivity index (χ0) is 14.2. The molecule has 4 heterocycles. The van der Waals surface area contributed by atoms with E-state index in [1.807, 2.05) is 0 Å². The number of rotatable bonds is 2. The second kappa shape index (κ2) is 3.83. The third-order valence-electron chi connectivity index (χ3n) is 5.83. The highest BCUT2D eigenvalue weighted by Crippen LogP contribution is 2.47. The van der Waals surface area contributed by atoms with Gasteiger partial charge in [-0.3, -0.25) is 0 Å². The van der Waals surface area contributed by atoms with Crippen LogP contribution in [0.3, 0.4) is 0 Å². The fourth-order valence-corrected chi connectivity index (χ4v) is 4.48. The summed E-state index contributed by atoms with van der Waals surface area (Å²) in [5.74, 6) is 2.20. The smallest absolute Gasteiger partial charge is 0.112 e. The first kappa shape index (κ1) is 12.1. The molecule has 2 bridgehead atoms. The van der Waals surface area contributed by atoms with Crippen LogP contribution in [0.4, 0.5) is 5.82 Å². The predicted molar refractivity (Wildman–Crippen MR) is 85.0 cm³/mol. The molecule has 1 aromatic carbocycles. The van der Waals surface area contributed by atoms with Crippen molar-refractivity contribution in [3.63, 3.8) is 0 Å². The number of aromatic nitrogens is 1. The molecule has 2 aromatic rings. The van der Waals surface area contributed by atoms with Gasteiger partial charge >= 0.3 is 0 Å². The second-order valence-corrected chi connectivity index (χ2v) is 7.31. The number of anilines is 1. The normalized spacial score (nSPS) is 22.9. The van der Waals surface area contributed by atoms with E-state index < -0.39 is 5.60 Å². The molecule has 1 N–H and O–H groups in total. The van der Waals surface area contributed by atoms with Gasteiger partial charge in [-0.15, -0.1) is 0 Å². The minimum absolute atomic E-state index is 0.398. The van der Waals surface area contributed by atoms with Gasteiger partial charge < -0.3 is 14.6 Å². The lowest BCUT2D eigenvalue weighted by molar-refractivity contribution is 0.151. The number of nitrogens with zero attached hydrogens (tertiary/aromatic N) is 2. The molecule has 3 nitrogen and oxygen atoms in total. The number of aliphatic hydroxyl groups is 1. The van der Waals surface area contributed by atoms with Crippen molar-refractivity contribution in [1.82, 2.24) is 4.57 Å². The Labute approximate surface area is 125 Å². The van der Waals surface area contributed by atoms with Crippen LogP contribution in [0, 0.1) is 0 Å². The third kappa shape index (κ3) is 1.64. The maximum Gasteiger partial charge on any atom is 0.112 e. The van der Waals surface area contributed by atoms with Gasteiger partial charge in [0.05, 0.1) is 5.60 Å². The van der Waals surface area contributed by atoms with Gasteiger partial charge in [-0.05, 0) is 49.3 Å². The average molecular weight is 282 g/mol. The lowest BCUT2D eigenvalue weighted by Crippen LogP contribution is -2.39. The maximum atomic E-state index is 10.2. The second-order valence-electron chi connectivity index (χ2n) is 7.31. The summed E-state index contributed by atoms with van der Waals surface area (Å²) in [4.78, 5) is 2.56. The van der Waals surface area contributed by atoms with Crippen molar-refractivity contribution in [2.75, 3.05) is 18.0 Å². The number of aryl methyl sites for hydroxylation is 1. The van der Waals surface area contributed by atoms with Gasteiger partial charge in [-0.1, -0.05) is 6.07 Å². The van der Waals surface area contributed by atoms with Gasteiger partial charge in [0, 0.05) is 43.0 Å². The Hall–Kier alpha value is -1.48. The van der Waals surface area contributed by atoms with E-state index >= 15 is 0 Å². The maximum absolute atomic E-state index is 10.2.